The molecule has 0 saturated carbocycles. The average molecular weight is 250 g/mol. The normalized spacial score (nSPS) is 10.4. The number of carbonyl (C=O) groups excluding carboxylic acids is 1. The lowest BCUT2D eigenvalue weighted by atomic mass is 10.2. The van der Waals surface area contributed by atoms with Gasteiger partial charge < -0.3 is 4.42 Å². The Morgan fingerprint density at radius 2 is 2.39 bits per heavy atom. The Balaban J connectivity index is 2.74. The van der Waals surface area contributed by atoms with E-state index in [4.69, 9.17) is 15.5 Å². The van der Waals surface area contributed by atoms with Gasteiger partial charge in [-0.25, -0.2) is 5.84 Å². The Morgan fingerprint density at radius 1 is 1.67 bits per heavy atom. The van der Waals surface area contributed by atoms with Gasteiger partial charge >= 0.3 is 5.91 Å². The van der Waals surface area contributed by atoms with Gasteiger partial charge in [-0.2, -0.15) is 5.26 Å². The van der Waals surface area contributed by atoms with Crippen LogP contribution in [0.1, 0.15) is 35.2 Å². The summed E-state index contributed by atoms with van der Waals surface area (Å²) in [5, 5.41) is 8.58. The smallest absolute Gasteiger partial charge is 0.300 e. The van der Waals surface area contributed by atoms with Crippen molar-refractivity contribution in [2.45, 2.75) is 26.8 Å². The summed E-state index contributed by atoms with van der Waals surface area (Å²) in [6.45, 7) is 6.03. The van der Waals surface area contributed by atoms with Gasteiger partial charge in [0.2, 0.25) is 0 Å². The van der Waals surface area contributed by atoms with E-state index in [1.807, 2.05) is 12.3 Å². The first-order valence-corrected chi connectivity index (χ1v) is 5.81. The van der Waals surface area contributed by atoms with Crippen molar-refractivity contribution in [3.05, 3.63) is 23.2 Å². The second-order valence-electron chi connectivity index (χ2n) is 3.94. The Hall–Kier alpha value is -1.84. The highest BCUT2D eigenvalue weighted by Gasteiger charge is 2.15. The highest BCUT2D eigenvalue weighted by molar-refractivity contribution is 5.91. The minimum absolute atomic E-state index is 0.210. The lowest BCUT2D eigenvalue weighted by molar-refractivity contribution is 0.0924. The highest BCUT2D eigenvalue weighted by Crippen LogP contribution is 2.16. The van der Waals surface area contributed by atoms with E-state index in [2.05, 4.69) is 11.0 Å². The van der Waals surface area contributed by atoms with E-state index in [1.165, 1.54) is 0 Å². The monoisotopic (exact) mass is 250 g/mol. The molecule has 6 nitrogen and oxygen atoms in total. The first-order valence-electron chi connectivity index (χ1n) is 5.81. The van der Waals surface area contributed by atoms with Crippen molar-refractivity contribution >= 4 is 5.91 Å². The lowest BCUT2D eigenvalue weighted by Crippen LogP contribution is -2.29. The Kier molecular flexibility index (Phi) is 5.36. The molecule has 0 aliphatic rings. The molecule has 1 rings (SSSR count). The van der Waals surface area contributed by atoms with E-state index in [0.29, 0.717) is 25.3 Å². The third kappa shape index (κ3) is 3.58. The molecule has 1 amide bonds. The van der Waals surface area contributed by atoms with Gasteiger partial charge in [0, 0.05) is 25.1 Å². The summed E-state index contributed by atoms with van der Waals surface area (Å²) in [6.07, 6.45) is 0.487. The van der Waals surface area contributed by atoms with Crippen molar-refractivity contribution in [2.24, 2.45) is 5.84 Å². The third-order valence-electron chi connectivity index (χ3n) is 2.76. The summed E-state index contributed by atoms with van der Waals surface area (Å²) in [5.74, 6) is 5.52. The van der Waals surface area contributed by atoms with E-state index in [1.54, 1.807) is 13.0 Å². The van der Waals surface area contributed by atoms with Crippen LogP contribution in [-0.4, -0.2) is 23.9 Å². The quantitative estimate of drug-likeness (QED) is 0.445. The lowest BCUT2D eigenvalue weighted by Gasteiger charge is -2.18. The van der Waals surface area contributed by atoms with Crippen LogP contribution in [0.15, 0.2) is 10.5 Å². The van der Waals surface area contributed by atoms with Crippen molar-refractivity contribution in [3.63, 3.8) is 0 Å². The van der Waals surface area contributed by atoms with E-state index in [0.717, 1.165) is 12.1 Å². The summed E-state index contributed by atoms with van der Waals surface area (Å²) in [7, 11) is 0. The Morgan fingerprint density at radius 3 is 2.94 bits per heavy atom. The fourth-order valence-corrected chi connectivity index (χ4v) is 1.66. The molecular weight excluding hydrogens is 232 g/mol. The van der Waals surface area contributed by atoms with Crippen molar-refractivity contribution in [1.29, 1.82) is 5.26 Å². The number of hydrogen-bond acceptors (Lipinski definition) is 5. The zero-order chi connectivity index (χ0) is 13.5. The number of amides is 1. The van der Waals surface area contributed by atoms with E-state index in [-0.39, 0.29) is 5.76 Å². The van der Waals surface area contributed by atoms with Crippen molar-refractivity contribution in [3.8, 4) is 6.07 Å². The molecule has 0 aromatic carbocycles. The number of rotatable bonds is 6. The molecule has 0 aliphatic heterocycles. The molecule has 3 N–H and O–H groups in total. The molecule has 6 heteroatoms. The van der Waals surface area contributed by atoms with Gasteiger partial charge in [-0.05, 0) is 19.5 Å². The van der Waals surface area contributed by atoms with Gasteiger partial charge in [0.15, 0.2) is 5.76 Å². The molecule has 0 bridgehead atoms. The fourth-order valence-electron chi connectivity index (χ4n) is 1.66. The Bertz CT molecular complexity index is 447. The van der Waals surface area contributed by atoms with Crippen LogP contribution < -0.4 is 11.3 Å². The van der Waals surface area contributed by atoms with Crippen LogP contribution in [0, 0.1) is 18.3 Å². The largest absolute Gasteiger partial charge is 0.456 e. The maximum Gasteiger partial charge on any atom is 0.300 e. The molecule has 0 aliphatic carbocycles. The predicted molar refractivity (Wildman–Crippen MR) is 66.3 cm³/mol. The molecule has 1 aromatic heterocycles. The number of carbonyl (C=O) groups is 1. The zero-order valence-electron chi connectivity index (χ0n) is 10.7. The van der Waals surface area contributed by atoms with Gasteiger partial charge in [-0.3, -0.25) is 15.1 Å². The SMILES string of the molecule is CCN(CCC#N)Cc1cc(C(=O)NN)oc1C. The summed E-state index contributed by atoms with van der Waals surface area (Å²) >= 11 is 0. The maximum absolute atomic E-state index is 11.3. The highest BCUT2D eigenvalue weighted by atomic mass is 16.4. The second kappa shape index (κ2) is 6.79. The van der Waals surface area contributed by atoms with Crippen LogP contribution in [-0.2, 0) is 6.54 Å². The van der Waals surface area contributed by atoms with Crippen molar-refractivity contribution in [1.82, 2.24) is 10.3 Å². The number of furan rings is 1. The number of nitrogens with two attached hydrogens (primary N) is 1. The molecule has 0 spiro atoms. The van der Waals surface area contributed by atoms with Gasteiger partial charge in [0.1, 0.15) is 5.76 Å². The van der Waals surface area contributed by atoms with Gasteiger partial charge in [0.05, 0.1) is 6.07 Å². The van der Waals surface area contributed by atoms with Gasteiger partial charge in [-0.1, -0.05) is 6.92 Å². The molecule has 0 unspecified atom stereocenters. The average Bonchev–Trinajstić information content (AvgIpc) is 2.74. The van der Waals surface area contributed by atoms with Crippen molar-refractivity contribution in [2.75, 3.05) is 13.1 Å². The second-order valence-corrected chi connectivity index (χ2v) is 3.94. The van der Waals surface area contributed by atoms with Crippen LogP contribution in [0.4, 0.5) is 0 Å². The topological polar surface area (TPSA) is 95.3 Å². The first-order chi connectivity index (χ1) is 8.62. The fraction of sp³-hybridized carbons (Fsp3) is 0.500. The van der Waals surface area contributed by atoms with Gasteiger partial charge in [0.25, 0.3) is 0 Å². The number of nitrogen functional groups attached to an aromatic ring is 1. The summed E-state index contributed by atoms with van der Waals surface area (Å²) in [5.41, 5.74) is 2.97. The molecular formula is C12H18N4O2. The minimum Gasteiger partial charge on any atom is -0.456 e. The Labute approximate surface area is 106 Å². The molecule has 0 saturated heterocycles. The van der Waals surface area contributed by atoms with Crippen LogP contribution in [0.3, 0.4) is 0 Å². The molecule has 18 heavy (non-hydrogen) atoms. The molecule has 0 radical (unpaired) electrons. The summed E-state index contributed by atoms with van der Waals surface area (Å²) in [6, 6.07) is 3.81. The molecule has 1 heterocycles. The minimum atomic E-state index is -0.440. The van der Waals surface area contributed by atoms with Crippen LogP contribution in [0.5, 0.6) is 0 Å². The van der Waals surface area contributed by atoms with Gasteiger partial charge in [-0.15, -0.1) is 0 Å². The summed E-state index contributed by atoms with van der Waals surface area (Å²) < 4.78 is 5.33. The molecule has 98 valence electrons. The number of nitrogens with zero attached hydrogens (tertiary/aromatic N) is 2. The molecule has 0 fully saturated rings. The van der Waals surface area contributed by atoms with E-state index in [9.17, 15) is 4.79 Å². The molecule has 0 atom stereocenters. The first kappa shape index (κ1) is 14.2. The van der Waals surface area contributed by atoms with E-state index < -0.39 is 5.91 Å². The predicted octanol–water partition coefficient (Wildman–Crippen LogP) is 0.927. The van der Waals surface area contributed by atoms with Crippen LogP contribution >= 0.6 is 0 Å². The molecule has 1 aromatic rings. The van der Waals surface area contributed by atoms with Crippen LogP contribution in [0.25, 0.3) is 0 Å². The number of hydrogen-bond donors (Lipinski definition) is 2. The summed E-state index contributed by atoms with van der Waals surface area (Å²) in [4.78, 5) is 13.4. The standard InChI is InChI=1S/C12H18N4O2/c1-3-16(6-4-5-13)8-10-7-11(12(17)15-14)18-9(10)2/h7H,3-4,6,8,14H2,1-2H3,(H,15,17). The number of hydrazine groups is 1. The third-order valence-corrected chi connectivity index (χ3v) is 2.76. The van der Waals surface area contributed by atoms with Crippen LogP contribution in [0.2, 0.25) is 0 Å². The number of nitriles is 1. The maximum atomic E-state index is 11.3. The number of aryl methyl sites for hydroxylation is 1. The number of nitrogens with one attached hydrogen (secondary N) is 1. The zero-order valence-corrected chi connectivity index (χ0v) is 10.7. The van der Waals surface area contributed by atoms with E-state index >= 15 is 0 Å². The van der Waals surface area contributed by atoms with Crippen molar-refractivity contribution < 1.29 is 9.21 Å².